The number of hydrogen-bond acceptors (Lipinski definition) is 5. The van der Waals surface area contributed by atoms with E-state index in [2.05, 4.69) is 4.98 Å². The summed E-state index contributed by atoms with van der Waals surface area (Å²) >= 11 is 0. The van der Waals surface area contributed by atoms with Gasteiger partial charge in [0.15, 0.2) is 11.2 Å². The van der Waals surface area contributed by atoms with E-state index in [1.807, 2.05) is 0 Å². The summed E-state index contributed by atoms with van der Waals surface area (Å²) in [5, 5.41) is 0. The van der Waals surface area contributed by atoms with E-state index in [0.29, 0.717) is 11.2 Å². The number of hydrogen-bond donors (Lipinski definition) is 0. The highest BCUT2D eigenvalue weighted by Gasteiger charge is 2.21. The topological polar surface area (TPSA) is 74.3 Å². The van der Waals surface area contributed by atoms with Crippen molar-refractivity contribution in [1.82, 2.24) is 9.55 Å². The van der Waals surface area contributed by atoms with Crippen LogP contribution in [0.1, 0.15) is 25.7 Å². The van der Waals surface area contributed by atoms with Gasteiger partial charge in [-0.2, -0.15) is 0 Å². The van der Waals surface area contributed by atoms with Gasteiger partial charge in [-0.3, -0.25) is 4.79 Å². The number of aromatic nitrogens is 2. The SMILES string of the molecule is O=C(Cn1c(=O)oc2cccnc21)OC1CCCC1. The summed E-state index contributed by atoms with van der Waals surface area (Å²) in [6.07, 6.45) is 5.54. The zero-order valence-corrected chi connectivity index (χ0v) is 10.4. The molecule has 0 aromatic carbocycles. The van der Waals surface area contributed by atoms with Gasteiger partial charge in [-0.25, -0.2) is 14.3 Å². The van der Waals surface area contributed by atoms with Gasteiger partial charge in [0.25, 0.3) is 0 Å². The first-order valence-corrected chi connectivity index (χ1v) is 6.38. The lowest BCUT2D eigenvalue weighted by atomic mass is 10.3. The van der Waals surface area contributed by atoms with Crippen molar-refractivity contribution in [3.63, 3.8) is 0 Å². The maximum atomic E-state index is 11.8. The second kappa shape index (κ2) is 4.87. The highest BCUT2D eigenvalue weighted by atomic mass is 16.5. The molecule has 2 aromatic rings. The van der Waals surface area contributed by atoms with Crippen LogP contribution in [0, 0.1) is 0 Å². The molecule has 1 fully saturated rings. The van der Waals surface area contributed by atoms with Crippen molar-refractivity contribution in [3.8, 4) is 0 Å². The lowest BCUT2D eigenvalue weighted by Crippen LogP contribution is -2.24. The molecular weight excluding hydrogens is 248 g/mol. The van der Waals surface area contributed by atoms with Crippen molar-refractivity contribution in [2.24, 2.45) is 0 Å². The van der Waals surface area contributed by atoms with Crippen LogP contribution in [0.2, 0.25) is 0 Å². The van der Waals surface area contributed by atoms with E-state index < -0.39 is 11.7 Å². The highest BCUT2D eigenvalue weighted by molar-refractivity contribution is 5.73. The second-order valence-corrected chi connectivity index (χ2v) is 4.68. The molecule has 0 bridgehead atoms. The number of carbonyl (C=O) groups is 1. The van der Waals surface area contributed by atoms with Crippen molar-refractivity contribution >= 4 is 17.2 Å². The fourth-order valence-electron chi connectivity index (χ4n) is 2.40. The molecule has 0 amide bonds. The molecule has 1 aliphatic rings. The molecule has 0 aliphatic heterocycles. The predicted molar refractivity (Wildman–Crippen MR) is 66.6 cm³/mol. The normalized spacial score (nSPS) is 16.0. The van der Waals surface area contributed by atoms with Crippen LogP contribution in [-0.2, 0) is 16.1 Å². The number of rotatable bonds is 3. The highest BCUT2D eigenvalue weighted by Crippen LogP contribution is 2.21. The predicted octanol–water partition coefficient (Wildman–Crippen LogP) is 1.48. The third-order valence-corrected chi connectivity index (χ3v) is 3.31. The number of nitrogens with zero attached hydrogens (tertiary/aromatic N) is 2. The molecule has 0 spiro atoms. The molecule has 19 heavy (non-hydrogen) atoms. The van der Waals surface area contributed by atoms with E-state index in [-0.39, 0.29) is 12.6 Å². The number of carbonyl (C=O) groups excluding carboxylic acids is 1. The molecule has 0 N–H and O–H groups in total. The summed E-state index contributed by atoms with van der Waals surface area (Å²) < 4.78 is 11.5. The summed E-state index contributed by atoms with van der Waals surface area (Å²) in [6.45, 7) is -0.153. The smallest absolute Gasteiger partial charge is 0.421 e. The summed E-state index contributed by atoms with van der Waals surface area (Å²) in [6, 6.07) is 3.31. The largest absolute Gasteiger partial charge is 0.461 e. The summed E-state index contributed by atoms with van der Waals surface area (Å²) in [4.78, 5) is 27.5. The van der Waals surface area contributed by atoms with Gasteiger partial charge in [0, 0.05) is 6.20 Å². The molecule has 6 heteroatoms. The van der Waals surface area contributed by atoms with Gasteiger partial charge in [-0.1, -0.05) is 0 Å². The Morgan fingerprint density at radius 1 is 1.47 bits per heavy atom. The Morgan fingerprint density at radius 3 is 3.05 bits per heavy atom. The van der Waals surface area contributed by atoms with Crippen LogP contribution < -0.4 is 5.76 Å². The minimum atomic E-state index is -0.586. The van der Waals surface area contributed by atoms with Crippen molar-refractivity contribution in [1.29, 1.82) is 0 Å². The van der Waals surface area contributed by atoms with Gasteiger partial charge < -0.3 is 9.15 Å². The molecule has 1 aliphatic carbocycles. The molecular formula is C13H14N2O4. The summed E-state index contributed by atoms with van der Waals surface area (Å²) in [7, 11) is 0. The zero-order valence-electron chi connectivity index (χ0n) is 10.4. The number of esters is 1. The van der Waals surface area contributed by atoms with Crippen molar-refractivity contribution < 1.29 is 13.9 Å². The quantitative estimate of drug-likeness (QED) is 0.783. The molecule has 0 atom stereocenters. The van der Waals surface area contributed by atoms with Crippen molar-refractivity contribution in [2.45, 2.75) is 38.3 Å². The number of pyridine rings is 1. The third kappa shape index (κ3) is 2.38. The Bertz CT molecular complexity index is 652. The molecule has 1 saturated carbocycles. The van der Waals surface area contributed by atoms with Crippen LogP contribution in [0.3, 0.4) is 0 Å². The zero-order chi connectivity index (χ0) is 13.2. The average molecular weight is 262 g/mol. The van der Waals surface area contributed by atoms with E-state index in [0.717, 1.165) is 25.7 Å². The van der Waals surface area contributed by atoms with E-state index >= 15 is 0 Å². The van der Waals surface area contributed by atoms with Crippen LogP contribution in [-0.4, -0.2) is 21.6 Å². The van der Waals surface area contributed by atoms with Gasteiger partial charge in [-0.05, 0) is 37.8 Å². The minimum Gasteiger partial charge on any atom is -0.461 e. The Morgan fingerprint density at radius 2 is 2.26 bits per heavy atom. The van der Waals surface area contributed by atoms with Crippen LogP contribution in [0.4, 0.5) is 0 Å². The van der Waals surface area contributed by atoms with Gasteiger partial charge >= 0.3 is 11.7 Å². The lowest BCUT2D eigenvalue weighted by Gasteiger charge is -2.10. The monoisotopic (exact) mass is 262 g/mol. The Kier molecular flexibility index (Phi) is 3.06. The Balaban J connectivity index is 1.79. The summed E-state index contributed by atoms with van der Waals surface area (Å²) in [5.74, 6) is -1.00. The lowest BCUT2D eigenvalue weighted by molar-refractivity contribution is -0.149. The number of fused-ring (bicyclic) bond motifs is 1. The second-order valence-electron chi connectivity index (χ2n) is 4.68. The molecule has 2 aromatic heterocycles. The van der Waals surface area contributed by atoms with Crippen molar-refractivity contribution in [2.75, 3.05) is 0 Å². The third-order valence-electron chi connectivity index (χ3n) is 3.31. The van der Waals surface area contributed by atoms with Gasteiger partial charge in [0.2, 0.25) is 0 Å². The van der Waals surface area contributed by atoms with Gasteiger partial charge in [-0.15, -0.1) is 0 Å². The van der Waals surface area contributed by atoms with Crippen molar-refractivity contribution in [3.05, 3.63) is 28.9 Å². The first-order valence-electron chi connectivity index (χ1n) is 6.38. The molecule has 6 nitrogen and oxygen atoms in total. The fourth-order valence-corrected chi connectivity index (χ4v) is 2.40. The van der Waals surface area contributed by atoms with Crippen LogP contribution in [0.15, 0.2) is 27.5 Å². The van der Waals surface area contributed by atoms with Gasteiger partial charge in [0.1, 0.15) is 12.6 Å². The average Bonchev–Trinajstić information content (AvgIpc) is 2.99. The van der Waals surface area contributed by atoms with E-state index in [1.165, 1.54) is 4.57 Å². The maximum absolute atomic E-state index is 11.8. The number of ether oxygens (including phenoxy) is 1. The fraction of sp³-hybridized carbons (Fsp3) is 0.462. The molecule has 0 radical (unpaired) electrons. The first-order chi connectivity index (χ1) is 9.24. The minimum absolute atomic E-state index is 0.00525. The Hall–Kier alpha value is -2.11. The van der Waals surface area contributed by atoms with Crippen LogP contribution >= 0.6 is 0 Å². The van der Waals surface area contributed by atoms with Gasteiger partial charge in [0.05, 0.1) is 0 Å². The molecule has 3 rings (SSSR count). The molecule has 0 saturated heterocycles. The van der Waals surface area contributed by atoms with E-state index in [1.54, 1.807) is 18.3 Å². The van der Waals surface area contributed by atoms with Crippen LogP contribution in [0.25, 0.3) is 11.2 Å². The first kappa shape index (κ1) is 12.0. The van der Waals surface area contributed by atoms with E-state index in [9.17, 15) is 9.59 Å². The molecule has 100 valence electrons. The Labute approximate surface area is 109 Å². The van der Waals surface area contributed by atoms with E-state index in [4.69, 9.17) is 9.15 Å². The van der Waals surface area contributed by atoms with Crippen LogP contribution in [0.5, 0.6) is 0 Å². The number of oxazole rings is 1. The molecule has 0 unspecified atom stereocenters. The maximum Gasteiger partial charge on any atom is 0.421 e. The summed E-state index contributed by atoms with van der Waals surface area (Å²) in [5.41, 5.74) is 0.747. The molecule has 2 heterocycles. The standard InChI is InChI=1S/C13H14N2O4/c16-11(18-9-4-1-2-5-9)8-15-12-10(19-13(15)17)6-3-7-14-12/h3,6-7,9H,1-2,4-5,8H2.